The van der Waals surface area contributed by atoms with Crippen molar-refractivity contribution in [2.45, 2.75) is 26.8 Å². The van der Waals surface area contributed by atoms with E-state index in [9.17, 15) is 4.79 Å². The van der Waals surface area contributed by atoms with E-state index in [1.165, 1.54) is 0 Å². The number of pyridine rings is 1. The van der Waals surface area contributed by atoms with Gasteiger partial charge in [0.15, 0.2) is 0 Å². The van der Waals surface area contributed by atoms with E-state index in [0.29, 0.717) is 5.56 Å². The molecule has 4 heteroatoms. The molecule has 122 valence electrons. The molecule has 2 rings (SSSR count). The number of carbonyl (C=O) groups is 1. The average molecular weight is 311 g/mol. The third-order valence-corrected chi connectivity index (χ3v) is 4.26. The molecule has 2 aromatic rings. The van der Waals surface area contributed by atoms with Crippen molar-refractivity contribution in [3.8, 4) is 0 Å². The van der Waals surface area contributed by atoms with Gasteiger partial charge < -0.3 is 9.80 Å². The number of anilines is 1. The van der Waals surface area contributed by atoms with Gasteiger partial charge >= 0.3 is 0 Å². The minimum absolute atomic E-state index is 0.00856. The van der Waals surface area contributed by atoms with Gasteiger partial charge in [0.1, 0.15) is 0 Å². The Morgan fingerprint density at radius 2 is 1.74 bits per heavy atom. The molecule has 1 atom stereocenters. The number of hydrogen-bond acceptors (Lipinski definition) is 3. The highest BCUT2D eigenvalue weighted by Crippen LogP contribution is 2.20. The van der Waals surface area contributed by atoms with Crippen molar-refractivity contribution in [3.05, 3.63) is 59.9 Å². The first-order valence-electron chi connectivity index (χ1n) is 8.11. The maximum absolute atomic E-state index is 12.7. The van der Waals surface area contributed by atoms with Gasteiger partial charge in [0.2, 0.25) is 0 Å². The van der Waals surface area contributed by atoms with Crippen LogP contribution in [0.2, 0.25) is 0 Å². The summed E-state index contributed by atoms with van der Waals surface area (Å²) in [4.78, 5) is 21.0. The SMILES string of the molecule is CCN(CC)c1ccc(C(=O)N(C)C(C)c2ccccn2)cc1. The Morgan fingerprint density at radius 1 is 1.09 bits per heavy atom. The number of benzene rings is 1. The summed E-state index contributed by atoms with van der Waals surface area (Å²) in [7, 11) is 1.82. The molecule has 0 spiro atoms. The maximum atomic E-state index is 12.7. The van der Waals surface area contributed by atoms with Crippen LogP contribution in [0.1, 0.15) is 42.9 Å². The number of carbonyl (C=O) groups excluding carboxylic acids is 1. The van der Waals surface area contributed by atoms with Crippen LogP contribution >= 0.6 is 0 Å². The van der Waals surface area contributed by atoms with Crippen molar-refractivity contribution in [1.82, 2.24) is 9.88 Å². The van der Waals surface area contributed by atoms with Crippen LogP contribution in [0.5, 0.6) is 0 Å². The van der Waals surface area contributed by atoms with E-state index in [2.05, 4.69) is 23.7 Å². The van der Waals surface area contributed by atoms with Gasteiger partial charge in [-0.05, 0) is 57.2 Å². The first-order chi connectivity index (χ1) is 11.1. The monoisotopic (exact) mass is 311 g/mol. The summed E-state index contributed by atoms with van der Waals surface area (Å²) in [6.07, 6.45) is 1.75. The molecule has 1 aromatic heterocycles. The fourth-order valence-electron chi connectivity index (χ4n) is 2.60. The highest BCUT2D eigenvalue weighted by Gasteiger charge is 2.19. The second-order valence-electron chi connectivity index (χ2n) is 5.57. The van der Waals surface area contributed by atoms with Crippen LogP contribution in [0.25, 0.3) is 0 Å². The zero-order chi connectivity index (χ0) is 16.8. The Labute approximate surface area is 138 Å². The molecule has 0 aliphatic rings. The molecule has 0 saturated carbocycles. The molecule has 1 aromatic carbocycles. The molecular formula is C19H25N3O. The fourth-order valence-corrected chi connectivity index (χ4v) is 2.60. The van der Waals surface area contributed by atoms with Crippen LogP contribution in [-0.4, -0.2) is 35.9 Å². The Morgan fingerprint density at radius 3 is 2.26 bits per heavy atom. The van der Waals surface area contributed by atoms with E-state index in [-0.39, 0.29) is 11.9 Å². The van der Waals surface area contributed by atoms with E-state index in [1.54, 1.807) is 11.1 Å². The van der Waals surface area contributed by atoms with Gasteiger partial charge in [-0.2, -0.15) is 0 Å². The molecule has 1 heterocycles. The number of aromatic nitrogens is 1. The van der Waals surface area contributed by atoms with Crippen LogP contribution in [0.15, 0.2) is 48.7 Å². The van der Waals surface area contributed by atoms with Crippen LogP contribution in [0.3, 0.4) is 0 Å². The van der Waals surface area contributed by atoms with Gasteiger partial charge in [-0.3, -0.25) is 9.78 Å². The van der Waals surface area contributed by atoms with E-state index in [4.69, 9.17) is 0 Å². The van der Waals surface area contributed by atoms with E-state index < -0.39 is 0 Å². The molecule has 0 aliphatic heterocycles. The lowest BCUT2D eigenvalue weighted by atomic mass is 10.1. The van der Waals surface area contributed by atoms with Crippen molar-refractivity contribution in [2.75, 3.05) is 25.0 Å². The second kappa shape index (κ2) is 7.77. The first kappa shape index (κ1) is 17.0. The number of nitrogens with zero attached hydrogens (tertiary/aromatic N) is 3. The second-order valence-corrected chi connectivity index (χ2v) is 5.57. The van der Waals surface area contributed by atoms with Crippen LogP contribution in [0, 0.1) is 0 Å². The van der Waals surface area contributed by atoms with Crippen LogP contribution in [0.4, 0.5) is 5.69 Å². The molecule has 0 bridgehead atoms. The molecule has 0 N–H and O–H groups in total. The minimum atomic E-state index is -0.0637. The fraction of sp³-hybridized carbons (Fsp3) is 0.368. The predicted octanol–water partition coefficient (Wildman–Crippen LogP) is 3.76. The van der Waals surface area contributed by atoms with Gasteiger partial charge in [0, 0.05) is 37.6 Å². The third kappa shape index (κ3) is 3.89. The van der Waals surface area contributed by atoms with Crippen LogP contribution in [-0.2, 0) is 0 Å². The summed E-state index contributed by atoms with van der Waals surface area (Å²) in [5, 5.41) is 0. The lowest BCUT2D eigenvalue weighted by molar-refractivity contribution is 0.0740. The molecule has 1 amide bonds. The third-order valence-electron chi connectivity index (χ3n) is 4.26. The van der Waals surface area contributed by atoms with Gasteiger partial charge in [-0.25, -0.2) is 0 Å². The van der Waals surface area contributed by atoms with Crippen molar-refractivity contribution >= 4 is 11.6 Å². The maximum Gasteiger partial charge on any atom is 0.254 e. The highest BCUT2D eigenvalue weighted by molar-refractivity contribution is 5.94. The molecular weight excluding hydrogens is 286 g/mol. The van der Waals surface area contributed by atoms with Gasteiger partial charge in [0.25, 0.3) is 5.91 Å². The van der Waals surface area contributed by atoms with Crippen molar-refractivity contribution in [3.63, 3.8) is 0 Å². The zero-order valence-electron chi connectivity index (χ0n) is 14.4. The van der Waals surface area contributed by atoms with Gasteiger partial charge in [0.05, 0.1) is 11.7 Å². The van der Waals surface area contributed by atoms with Gasteiger partial charge in [-0.1, -0.05) is 6.07 Å². The topological polar surface area (TPSA) is 36.4 Å². The summed E-state index contributed by atoms with van der Waals surface area (Å²) in [6, 6.07) is 13.5. The summed E-state index contributed by atoms with van der Waals surface area (Å²) in [5.74, 6) is 0.00856. The van der Waals surface area contributed by atoms with Gasteiger partial charge in [-0.15, -0.1) is 0 Å². The molecule has 0 aliphatic carbocycles. The first-order valence-corrected chi connectivity index (χ1v) is 8.11. The lowest BCUT2D eigenvalue weighted by Crippen LogP contribution is -2.30. The molecule has 0 radical (unpaired) electrons. The number of amides is 1. The Bertz CT molecular complexity index is 621. The highest BCUT2D eigenvalue weighted by atomic mass is 16.2. The molecule has 0 saturated heterocycles. The van der Waals surface area contributed by atoms with E-state index >= 15 is 0 Å². The minimum Gasteiger partial charge on any atom is -0.372 e. The Hall–Kier alpha value is -2.36. The van der Waals surface area contributed by atoms with Crippen molar-refractivity contribution in [2.24, 2.45) is 0 Å². The largest absolute Gasteiger partial charge is 0.372 e. The lowest BCUT2D eigenvalue weighted by Gasteiger charge is -2.25. The van der Waals surface area contributed by atoms with Crippen molar-refractivity contribution < 1.29 is 4.79 Å². The zero-order valence-corrected chi connectivity index (χ0v) is 14.4. The average Bonchev–Trinajstić information content (AvgIpc) is 2.62. The summed E-state index contributed by atoms with van der Waals surface area (Å²) >= 11 is 0. The Kier molecular flexibility index (Phi) is 5.74. The van der Waals surface area contributed by atoms with Crippen LogP contribution < -0.4 is 4.90 Å². The summed E-state index contributed by atoms with van der Waals surface area (Å²) in [5.41, 5.74) is 2.74. The van der Waals surface area contributed by atoms with E-state index in [0.717, 1.165) is 24.5 Å². The smallest absolute Gasteiger partial charge is 0.254 e. The van der Waals surface area contributed by atoms with Crippen molar-refractivity contribution in [1.29, 1.82) is 0 Å². The molecule has 0 fully saturated rings. The Balaban J connectivity index is 2.13. The number of hydrogen-bond donors (Lipinski definition) is 0. The molecule has 23 heavy (non-hydrogen) atoms. The molecule has 1 unspecified atom stereocenters. The summed E-state index contributed by atoms with van der Waals surface area (Å²) in [6.45, 7) is 8.17. The normalized spacial score (nSPS) is 11.8. The predicted molar refractivity (Wildman–Crippen MR) is 94.7 cm³/mol. The number of rotatable bonds is 6. The quantitative estimate of drug-likeness (QED) is 0.815. The van der Waals surface area contributed by atoms with E-state index in [1.807, 2.05) is 56.4 Å². The summed E-state index contributed by atoms with van der Waals surface area (Å²) < 4.78 is 0. The molecule has 4 nitrogen and oxygen atoms in total. The standard InChI is InChI=1S/C19H25N3O/c1-5-22(6-2)17-12-10-16(11-13-17)19(23)21(4)15(3)18-9-7-8-14-20-18/h7-15H,5-6H2,1-4H3.